The van der Waals surface area contributed by atoms with Crippen molar-refractivity contribution in [3.63, 3.8) is 0 Å². The van der Waals surface area contributed by atoms with Crippen molar-refractivity contribution in [1.82, 2.24) is 0 Å². The van der Waals surface area contributed by atoms with Gasteiger partial charge in [0.15, 0.2) is 6.61 Å². The fourth-order valence-electron chi connectivity index (χ4n) is 1.86. The molecule has 1 aromatic rings. The van der Waals surface area contributed by atoms with Crippen LogP contribution in [0.25, 0.3) is 0 Å². The van der Waals surface area contributed by atoms with E-state index in [9.17, 15) is 0 Å². The van der Waals surface area contributed by atoms with E-state index in [4.69, 9.17) is 10.00 Å². The number of nitriles is 1. The van der Waals surface area contributed by atoms with Crippen LogP contribution in [0.3, 0.4) is 0 Å². The van der Waals surface area contributed by atoms with Crippen LogP contribution in [-0.2, 0) is 0 Å². The van der Waals surface area contributed by atoms with Crippen molar-refractivity contribution in [2.45, 2.75) is 45.6 Å². The lowest BCUT2D eigenvalue weighted by Crippen LogP contribution is -2.18. The first-order valence-electron chi connectivity index (χ1n) is 6.66. The van der Waals surface area contributed by atoms with E-state index < -0.39 is 0 Å². The van der Waals surface area contributed by atoms with Gasteiger partial charge in [0.1, 0.15) is 11.8 Å². The van der Waals surface area contributed by atoms with Crippen LogP contribution in [-0.4, -0.2) is 12.6 Å². The van der Waals surface area contributed by atoms with E-state index in [0.717, 1.165) is 17.9 Å². The van der Waals surface area contributed by atoms with Crippen LogP contribution in [0.4, 0.5) is 5.69 Å². The maximum Gasteiger partial charge on any atom is 0.174 e. The molecule has 1 unspecified atom stereocenters. The first-order valence-corrected chi connectivity index (χ1v) is 6.66. The van der Waals surface area contributed by atoms with Crippen LogP contribution in [0.1, 0.15) is 39.5 Å². The molecule has 0 bridgehead atoms. The molecule has 0 aliphatic rings. The summed E-state index contributed by atoms with van der Waals surface area (Å²) in [6.07, 6.45) is 4.78. The number of nitrogens with one attached hydrogen (secondary N) is 1. The van der Waals surface area contributed by atoms with E-state index in [1.54, 1.807) is 0 Å². The maximum atomic E-state index is 8.49. The van der Waals surface area contributed by atoms with Crippen molar-refractivity contribution in [3.8, 4) is 11.8 Å². The number of rotatable bonds is 8. The molecule has 0 aliphatic heterocycles. The fraction of sp³-hybridized carbons (Fsp3) is 0.533. The summed E-state index contributed by atoms with van der Waals surface area (Å²) in [5.74, 6) is 0.742. The third kappa shape index (κ3) is 5.09. The van der Waals surface area contributed by atoms with Crippen LogP contribution in [0.15, 0.2) is 24.3 Å². The molecular weight excluding hydrogens is 224 g/mol. The predicted octanol–water partition coefficient (Wildman–Crippen LogP) is 3.97. The standard InChI is InChI=1S/C15H22N2O/c1-3-5-7-13(4-2)17-14-8-6-9-15(12-14)18-11-10-16/h6,8-9,12-13,17H,3-5,7,11H2,1-2H3. The summed E-state index contributed by atoms with van der Waals surface area (Å²) < 4.78 is 5.29. The van der Waals surface area contributed by atoms with Gasteiger partial charge in [-0.3, -0.25) is 0 Å². The van der Waals surface area contributed by atoms with Gasteiger partial charge in [-0.1, -0.05) is 32.8 Å². The van der Waals surface area contributed by atoms with Crippen molar-refractivity contribution < 1.29 is 4.74 Å². The Bertz CT molecular complexity index is 384. The van der Waals surface area contributed by atoms with Crippen molar-refractivity contribution in [2.24, 2.45) is 0 Å². The number of unbranched alkanes of at least 4 members (excludes halogenated alkanes) is 1. The van der Waals surface area contributed by atoms with E-state index in [1.807, 2.05) is 30.3 Å². The smallest absolute Gasteiger partial charge is 0.174 e. The van der Waals surface area contributed by atoms with E-state index in [-0.39, 0.29) is 6.61 Å². The summed E-state index contributed by atoms with van der Waals surface area (Å²) in [7, 11) is 0. The Kier molecular flexibility index (Phi) is 6.71. The molecule has 1 atom stereocenters. The SMILES string of the molecule is CCCCC(CC)Nc1cccc(OCC#N)c1. The molecule has 1 rings (SSSR count). The minimum absolute atomic E-state index is 0.0937. The molecular formula is C15H22N2O. The summed E-state index contributed by atoms with van der Waals surface area (Å²) in [4.78, 5) is 0. The second-order valence-electron chi connectivity index (χ2n) is 4.37. The van der Waals surface area contributed by atoms with Crippen LogP contribution in [0.2, 0.25) is 0 Å². The number of benzene rings is 1. The predicted molar refractivity (Wildman–Crippen MR) is 74.8 cm³/mol. The molecule has 0 aromatic heterocycles. The van der Waals surface area contributed by atoms with Gasteiger partial charge in [0, 0.05) is 17.8 Å². The third-order valence-electron chi connectivity index (χ3n) is 2.91. The van der Waals surface area contributed by atoms with E-state index in [2.05, 4.69) is 19.2 Å². The van der Waals surface area contributed by atoms with Crippen molar-refractivity contribution in [2.75, 3.05) is 11.9 Å². The van der Waals surface area contributed by atoms with Crippen molar-refractivity contribution >= 4 is 5.69 Å². The second-order valence-corrected chi connectivity index (χ2v) is 4.37. The Morgan fingerprint density at radius 3 is 2.89 bits per heavy atom. The normalized spacial score (nSPS) is 11.6. The Labute approximate surface area is 110 Å². The molecule has 0 spiro atoms. The summed E-state index contributed by atoms with van der Waals surface area (Å²) in [6, 6.07) is 10.3. The lowest BCUT2D eigenvalue weighted by atomic mass is 10.1. The van der Waals surface area contributed by atoms with Gasteiger partial charge in [0.2, 0.25) is 0 Å². The Morgan fingerprint density at radius 1 is 1.39 bits per heavy atom. The van der Waals surface area contributed by atoms with E-state index in [0.29, 0.717) is 6.04 Å². The minimum Gasteiger partial charge on any atom is -0.479 e. The van der Waals surface area contributed by atoms with Crippen LogP contribution < -0.4 is 10.1 Å². The first kappa shape index (κ1) is 14.4. The van der Waals surface area contributed by atoms with Crippen molar-refractivity contribution in [3.05, 3.63) is 24.3 Å². The van der Waals surface area contributed by atoms with Gasteiger partial charge in [0.25, 0.3) is 0 Å². The molecule has 0 radical (unpaired) electrons. The number of anilines is 1. The molecule has 1 N–H and O–H groups in total. The molecule has 18 heavy (non-hydrogen) atoms. The molecule has 0 saturated heterocycles. The van der Waals surface area contributed by atoms with Crippen LogP contribution >= 0.6 is 0 Å². The average molecular weight is 246 g/mol. The molecule has 0 amide bonds. The molecule has 0 heterocycles. The quantitative estimate of drug-likeness (QED) is 0.755. The molecule has 0 saturated carbocycles. The zero-order chi connectivity index (χ0) is 13.2. The second kappa shape index (κ2) is 8.41. The van der Waals surface area contributed by atoms with Gasteiger partial charge in [-0.25, -0.2) is 0 Å². The fourth-order valence-corrected chi connectivity index (χ4v) is 1.86. The van der Waals surface area contributed by atoms with Crippen molar-refractivity contribution in [1.29, 1.82) is 5.26 Å². The largest absolute Gasteiger partial charge is 0.479 e. The summed E-state index contributed by atoms with van der Waals surface area (Å²) in [6.45, 7) is 4.50. The van der Waals surface area contributed by atoms with Gasteiger partial charge in [0.05, 0.1) is 0 Å². The molecule has 0 fully saturated rings. The molecule has 3 heteroatoms. The molecule has 3 nitrogen and oxygen atoms in total. The van der Waals surface area contributed by atoms with Crippen LogP contribution in [0, 0.1) is 11.3 Å². The third-order valence-corrected chi connectivity index (χ3v) is 2.91. The number of nitrogens with zero attached hydrogens (tertiary/aromatic N) is 1. The first-order chi connectivity index (χ1) is 8.80. The lowest BCUT2D eigenvalue weighted by molar-refractivity contribution is 0.368. The summed E-state index contributed by atoms with van der Waals surface area (Å²) in [5, 5.41) is 12.0. The van der Waals surface area contributed by atoms with Gasteiger partial charge < -0.3 is 10.1 Å². The van der Waals surface area contributed by atoms with Gasteiger partial charge in [-0.15, -0.1) is 0 Å². The summed E-state index contributed by atoms with van der Waals surface area (Å²) in [5.41, 5.74) is 1.06. The highest BCUT2D eigenvalue weighted by Crippen LogP contribution is 2.19. The highest BCUT2D eigenvalue weighted by Gasteiger charge is 2.05. The number of hydrogen-bond acceptors (Lipinski definition) is 3. The highest BCUT2D eigenvalue weighted by molar-refractivity contribution is 5.48. The highest BCUT2D eigenvalue weighted by atomic mass is 16.5. The Hall–Kier alpha value is -1.69. The molecule has 1 aromatic carbocycles. The lowest BCUT2D eigenvalue weighted by Gasteiger charge is -2.18. The zero-order valence-electron chi connectivity index (χ0n) is 11.3. The van der Waals surface area contributed by atoms with Gasteiger partial charge >= 0.3 is 0 Å². The minimum atomic E-state index is 0.0937. The number of hydrogen-bond donors (Lipinski definition) is 1. The monoisotopic (exact) mass is 246 g/mol. The number of ether oxygens (including phenoxy) is 1. The Morgan fingerprint density at radius 2 is 2.22 bits per heavy atom. The maximum absolute atomic E-state index is 8.49. The summed E-state index contributed by atoms with van der Waals surface area (Å²) >= 11 is 0. The Balaban J connectivity index is 2.57. The van der Waals surface area contributed by atoms with Gasteiger partial charge in [-0.2, -0.15) is 5.26 Å². The van der Waals surface area contributed by atoms with E-state index >= 15 is 0 Å². The zero-order valence-corrected chi connectivity index (χ0v) is 11.3. The molecule has 98 valence electrons. The van der Waals surface area contributed by atoms with Gasteiger partial charge in [-0.05, 0) is 25.0 Å². The van der Waals surface area contributed by atoms with E-state index in [1.165, 1.54) is 19.3 Å². The average Bonchev–Trinajstić information content (AvgIpc) is 2.41. The van der Waals surface area contributed by atoms with Crippen LogP contribution in [0.5, 0.6) is 5.75 Å². The topological polar surface area (TPSA) is 45.0 Å². The molecule has 0 aliphatic carbocycles.